The lowest BCUT2D eigenvalue weighted by Gasteiger charge is -2.26. The molecule has 0 aromatic heterocycles. The lowest BCUT2D eigenvalue weighted by molar-refractivity contribution is -0.870. The molecule has 95 heavy (non-hydrogen) atoms. The number of hydrogen-bond donors (Lipinski definition) is 0. The van der Waals surface area contributed by atoms with Gasteiger partial charge in [-0.1, -0.05) is 381 Å². The van der Waals surface area contributed by atoms with E-state index in [9.17, 15) is 19.5 Å². The van der Waals surface area contributed by atoms with Gasteiger partial charge in [0.25, 0.3) is 0 Å². The van der Waals surface area contributed by atoms with E-state index in [-0.39, 0.29) is 32.2 Å². The number of ether oxygens (including phenoxy) is 4. The third kappa shape index (κ3) is 77.4. The quantitative estimate of drug-likeness (QED) is 0.0195. The fraction of sp³-hybridized carbons (Fsp3) is 0.779. The van der Waals surface area contributed by atoms with Gasteiger partial charge >= 0.3 is 11.9 Å². The van der Waals surface area contributed by atoms with Crippen LogP contribution >= 0.6 is 0 Å². The summed E-state index contributed by atoms with van der Waals surface area (Å²) in [7, 11) is 5.94. The first kappa shape index (κ1) is 91.2. The van der Waals surface area contributed by atoms with Crippen molar-refractivity contribution in [3.63, 3.8) is 0 Å². The first-order valence-corrected chi connectivity index (χ1v) is 40.4. The number of carbonyl (C=O) groups is 3. The number of aliphatic carboxylic acids is 1. The van der Waals surface area contributed by atoms with Crippen LogP contribution in [-0.2, 0) is 33.3 Å². The number of quaternary nitrogens is 1. The Labute approximate surface area is 588 Å². The summed E-state index contributed by atoms with van der Waals surface area (Å²) in [6.07, 6.45) is 102. The zero-order valence-corrected chi connectivity index (χ0v) is 63.0. The van der Waals surface area contributed by atoms with E-state index in [2.05, 4.69) is 111 Å². The lowest BCUT2D eigenvalue weighted by atomic mass is 10.0. The standard InChI is InChI=1S/C86H153NO8/c1-6-8-10-12-14-16-18-20-22-24-26-28-30-32-34-36-38-40-41-42-43-45-47-49-51-53-55-57-59-61-63-65-67-69-71-73-75-77-84(89)95-82(81-94-86(85(90)91)92-79-78-87(3,4)5)80-93-83(88)76-74-72-70-68-66-64-62-60-58-56-54-52-50-48-46-44-39-37-35-33-31-29-27-25-23-21-19-17-15-13-11-9-7-2/h8,10,14,16,20,22,26,28,32,34,38,40,42-43,47,49,82,86H,6-7,9,11-13,15,17-19,21,23-25,27,29-31,33,35-37,39,41,44-46,48,50-81H2,1-5H3/b10-8-,16-14-,22-20-,28-26-,34-32-,40-38-,43-42-,49-47-. The van der Waals surface area contributed by atoms with Gasteiger partial charge in [0.05, 0.1) is 40.3 Å². The van der Waals surface area contributed by atoms with Crippen molar-refractivity contribution >= 4 is 17.9 Å². The van der Waals surface area contributed by atoms with Gasteiger partial charge in [-0.3, -0.25) is 9.59 Å². The molecule has 0 aromatic rings. The van der Waals surface area contributed by atoms with Crippen LogP contribution in [0.25, 0.3) is 0 Å². The fourth-order valence-corrected chi connectivity index (χ4v) is 11.7. The summed E-state index contributed by atoms with van der Waals surface area (Å²) in [5.41, 5.74) is 0. The van der Waals surface area contributed by atoms with E-state index in [1.54, 1.807) is 0 Å². The summed E-state index contributed by atoms with van der Waals surface area (Å²) in [6.45, 7) is 4.69. The zero-order chi connectivity index (χ0) is 69.0. The van der Waals surface area contributed by atoms with Crippen LogP contribution in [0.4, 0.5) is 0 Å². The molecule has 0 aromatic carbocycles. The largest absolute Gasteiger partial charge is 0.545 e. The number of esters is 2. The molecule has 2 unspecified atom stereocenters. The highest BCUT2D eigenvalue weighted by atomic mass is 16.7. The van der Waals surface area contributed by atoms with E-state index in [4.69, 9.17) is 18.9 Å². The van der Waals surface area contributed by atoms with Crippen molar-refractivity contribution in [1.29, 1.82) is 0 Å². The molecular weight excluding hydrogens is 1170 g/mol. The molecule has 550 valence electrons. The van der Waals surface area contributed by atoms with Crippen molar-refractivity contribution < 1.29 is 42.9 Å². The van der Waals surface area contributed by atoms with Gasteiger partial charge in [0.1, 0.15) is 13.2 Å². The molecule has 0 fully saturated rings. The Hall–Kier alpha value is -3.79. The second-order valence-electron chi connectivity index (χ2n) is 28.3. The molecule has 0 radical (unpaired) electrons. The highest BCUT2D eigenvalue weighted by molar-refractivity contribution is 5.70. The molecule has 2 atom stereocenters. The van der Waals surface area contributed by atoms with Crippen LogP contribution in [0.3, 0.4) is 0 Å². The number of carbonyl (C=O) groups excluding carboxylic acids is 3. The van der Waals surface area contributed by atoms with Crippen molar-refractivity contribution in [2.45, 2.75) is 386 Å². The van der Waals surface area contributed by atoms with Crippen LogP contribution in [0, 0.1) is 0 Å². The summed E-state index contributed by atoms with van der Waals surface area (Å²) >= 11 is 0. The Morgan fingerprint density at radius 1 is 0.326 bits per heavy atom. The SMILES string of the molecule is CC/C=C\C/C=C\C/C=C\C/C=C\C/C=C\C/C=C\C/C=C\C/C=C\CCCCCCCCCCCCCCC(=O)OC(COC(=O)CCCCCCCCCCCCCCCCCCCCCCCCCCCCCCCCCCC)COC(OCC[N+](C)(C)C)C(=O)[O-]. The predicted octanol–water partition coefficient (Wildman–Crippen LogP) is 24.6. The first-order chi connectivity index (χ1) is 46.6. The third-order valence-corrected chi connectivity index (χ3v) is 17.8. The van der Waals surface area contributed by atoms with Crippen LogP contribution in [0.15, 0.2) is 97.2 Å². The summed E-state index contributed by atoms with van der Waals surface area (Å²) < 4.78 is 22.9. The maximum atomic E-state index is 13.0. The highest BCUT2D eigenvalue weighted by Crippen LogP contribution is 2.19. The van der Waals surface area contributed by atoms with Crippen LogP contribution < -0.4 is 5.11 Å². The van der Waals surface area contributed by atoms with Gasteiger partial charge in [-0.2, -0.15) is 0 Å². The molecule has 0 aliphatic heterocycles. The molecule has 0 saturated carbocycles. The first-order valence-electron chi connectivity index (χ1n) is 40.4. The van der Waals surface area contributed by atoms with Gasteiger partial charge in [-0.15, -0.1) is 0 Å². The van der Waals surface area contributed by atoms with Crippen molar-refractivity contribution in [2.24, 2.45) is 0 Å². The van der Waals surface area contributed by atoms with Gasteiger partial charge in [0.2, 0.25) is 0 Å². The fourth-order valence-electron chi connectivity index (χ4n) is 11.7. The van der Waals surface area contributed by atoms with Gasteiger partial charge in [0.15, 0.2) is 12.4 Å². The van der Waals surface area contributed by atoms with Crippen molar-refractivity contribution in [2.75, 3.05) is 47.5 Å². The third-order valence-electron chi connectivity index (χ3n) is 17.8. The summed E-state index contributed by atoms with van der Waals surface area (Å²) in [6, 6.07) is 0. The minimum Gasteiger partial charge on any atom is -0.545 e. The molecule has 0 heterocycles. The van der Waals surface area contributed by atoms with Gasteiger partial charge in [0, 0.05) is 12.8 Å². The summed E-state index contributed by atoms with van der Waals surface area (Å²) in [5, 5.41) is 11.9. The normalized spacial score (nSPS) is 13.1. The molecule has 0 rings (SSSR count). The molecule has 0 N–H and O–H groups in total. The Morgan fingerprint density at radius 3 is 0.895 bits per heavy atom. The van der Waals surface area contributed by atoms with E-state index >= 15 is 0 Å². The molecule has 0 aliphatic rings. The number of nitrogens with zero attached hydrogens (tertiary/aromatic N) is 1. The average molecular weight is 1330 g/mol. The predicted molar refractivity (Wildman–Crippen MR) is 407 cm³/mol. The van der Waals surface area contributed by atoms with Crippen LogP contribution in [0.5, 0.6) is 0 Å². The maximum Gasteiger partial charge on any atom is 0.306 e. The van der Waals surface area contributed by atoms with Crippen LogP contribution in [0.2, 0.25) is 0 Å². The van der Waals surface area contributed by atoms with E-state index in [0.717, 1.165) is 89.9 Å². The average Bonchev–Trinajstić information content (AvgIpc) is 3.75. The monoisotopic (exact) mass is 1330 g/mol. The van der Waals surface area contributed by atoms with Gasteiger partial charge in [-0.25, -0.2) is 0 Å². The number of hydrogen-bond acceptors (Lipinski definition) is 8. The number of allylic oxidation sites excluding steroid dienone is 16. The maximum absolute atomic E-state index is 13.0. The second-order valence-corrected chi connectivity index (χ2v) is 28.3. The molecule has 9 heteroatoms. The van der Waals surface area contributed by atoms with Crippen LogP contribution in [-0.4, -0.2) is 82.3 Å². The van der Waals surface area contributed by atoms with Gasteiger partial charge < -0.3 is 33.3 Å². The van der Waals surface area contributed by atoms with Gasteiger partial charge in [-0.05, 0) is 77.0 Å². The molecular formula is C86H153NO8. The van der Waals surface area contributed by atoms with Crippen molar-refractivity contribution in [1.82, 2.24) is 0 Å². The Balaban J connectivity index is 4.03. The minimum atomic E-state index is -1.63. The molecule has 0 aliphatic carbocycles. The second kappa shape index (κ2) is 76.0. The molecule has 0 saturated heterocycles. The lowest BCUT2D eigenvalue weighted by Crippen LogP contribution is -2.44. The van der Waals surface area contributed by atoms with E-state index < -0.39 is 24.3 Å². The van der Waals surface area contributed by atoms with E-state index in [1.807, 2.05) is 21.1 Å². The Kier molecular flexibility index (Phi) is 72.9. The van der Waals surface area contributed by atoms with E-state index in [1.165, 1.54) is 250 Å². The van der Waals surface area contributed by atoms with Crippen molar-refractivity contribution in [3.8, 4) is 0 Å². The topological polar surface area (TPSA) is 111 Å². The molecule has 0 spiro atoms. The number of rotatable bonds is 75. The molecule has 0 amide bonds. The minimum absolute atomic E-state index is 0.146. The smallest absolute Gasteiger partial charge is 0.306 e. The summed E-state index contributed by atoms with van der Waals surface area (Å²) in [4.78, 5) is 37.6. The Morgan fingerprint density at radius 2 is 0.600 bits per heavy atom. The molecule has 0 bridgehead atoms. The number of unbranched alkanes of at least 4 members (excludes halogenated alkanes) is 44. The molecule has 9 nitrogen and oxygen atoms in total. The summed E-state index contributed by atoms with van der Waals surface area (Å²) in [5.74, 6) is -2.27. The number of carboxylic acids is 1. The van der Waals surface area contributed by atoms with Crippen molar-refractivity contribution in [3.05, 3.63) is 97.2 Å². The zero-order valence-electron chi connectivity index (χ0n) is 63.0. The number of carboxylic acid groups (broad SMARTS) is 1. The highest BCUT2D eigenvalue weighted by Gasteiger charge is 2.22. The van der Waals surface area contributed by atoms with E-state index in [0.29, 0.717) is 23.9 Å². The Bertz CT molecular complexity index is 1890. The number of likely N-dealkylation sites (N-methyl/N-ethyl adjacent to an activating group) is 1. The van der Waals surface area contributed by atoms with Crippen LogP contribution in [0.1, 0.15) is 373 Å².